The molecule has 158 valence electrons. The van der Waals surface area contributed by atoms with E-state index in [0.717, 1.165) is 54.6 Å². The molecule has 3 aromatic heterocycles. The van der Waals surface area contributed by atoms with Gasteiger partial charge in [-0.15, -0.1) is 11.3 Å². The fraction of sp³-hybridized carbons (Fsp3) is 0.320. The van der Waals surface area contributed by atoms with Gasteiger partial charge in [-0.05, 0) is 55.2 Å². The summed E-state index contributed by atoms with van der Waals surface area (Å²) >= 11 is 1.71. The molecule has 1 amide bonds. The number of rotatable bonds is 5. The van der Waals surface area contributed by atoms with Gasteiger partial charge in [0.15, 0.2) is 5.65 Å². The third-order valence-corrected chi connectivity index (χ3v) is 7.12. The van der Waals surface area contributed by atoms with Crippen LogP contribution in [0, 0.1) is 12.8 Å². The second-order valence-electron chi connectivity index (χ2n) is 8.29. The molecule has 1 aliphatic heterocycles. The van der Waals surface area contributed by atoms with Crippen LogP contribution in [0.15, 0.2) is 60.1 Å². The zero-order valence-corrected chi connectivity index (χ0v) is 18.5. The van der Waals surface area contributed by atoms with E-state index >= 15 is 0 Å². The van der Waals surface area contributed by atoms with Crippen molar-refractivity contribution in [3.05, 3.63) is 71.4 Å². The first kappa shape index (κ1) is 19.9. The van der Waals surface area contributed by atoms with Crippen molar-refractivity contribution >= 4 is 28.3 Å². The molecule has 1 fully saturated rings. The normalized spacial score (nSPS) is 14.9. The van der Waals surface area contributed by atoms with Crippen LogP contribution >= 0.6 is 11.3 Å². The molecule has 5 nitrogen and oxygen atoms in total. The third kappa shape index (κ3) is 4.12. The first-order chi connectivity index (χ1) is 15.2. The minimum atomic E-state index is 0.130. The Bertz CT molecular complexity index is 1180. The molecule has 0 saturated carbocycles. The second-order valence-corrected chi connectivity index (χ2v) is 9.24. The summed E-state index contributed by atoms with van der Waals surface area (Å²) in [6.07, 6.45) is 5.02. The zero-order chi connectivity index (χ0) is 21.2. The Balaban J connectivity index is 1.28. The molecule has 0 radical (unpaired) electrons. The van der Waals surface area contributed by atoms with Gasteiger partial charge in [0, 0.05) is 29.7 Å². The fourth-order valence-electron chi connectivity index (χ4n) is 4.59. The van der Waals surface area contributed by atoms with E-state index in [-0.39, 0.29) is 12.5 Å². The number of aryl methyl sites for hydroxylation is 1. The second kappa shape index (κ2) is 8.63. The highest BCUT2D eigenvalue weighted by Crippen LogP contribution is 2.32. The lowest BCUT2D eigenvalue weighted by Gasteiger charge is -2.32. The largest absolute Gasteiger partial charge is 0.341 e. The van der Waals surface area contributed by atoms with Crippen molar-refractivity contribution in [3.8, 4) is 10.4 Å². The lowest BCUT2D eigenvalue weighted by atomic mass is 9.90. The highest BCUT2D eigenvalue weighted by Gasteiger charge is 2.24. The van der Waals surface area contributed by atoms with Crippen molar-refractivity contribution in [2.75, 3.05) is 13.1 Å². The van der Waals surface area contributed by atoms with Gasteiger partial charge in [-0.3, -0.25) is 4.79 Å². The van der Waals surface area contributed by atoms with E-state index < -0.39 is 0 Å². The molecule has 4 aromatic rings. The van der Waals surface area contributed by atoms with E-state index in [1.165, 1.54) is 10.4 Å². The SMILES string of the molecule is Cc1nn(CC(=O)N2CCC(Cc3ccccc3)CC2)c2nccc(-c3cccs3)c12. The number of amides is 1. The molecule has 0 bridgehead atoms. The zero-order valence-electron chi connectivity index (χ0n) is 17.7. The minimum absolute atomic E-state index is 0.130. The van der Waals surface area contributed by atoms with E-state index in [2.05, 4.69) is 57.9 Å². The Hall–Kier alpha value is -2.99. The molecule has 0 N–H and O–H groups in total. The summed E-state index contributed by atoms with van der Waals surface area (Å²) in [5.41, 5.74) is 4.23. The maximum absolute atomic E-state index is 13.0. The molecular weight excluding hydrogens is 404 g/mol. The average Bonchev–Trinajstić information content (AvgIpc) is 3.44. The smallest absolute Gasteiger partial charge is 0.244 e. The highest BCUT2D eigenvalue weighted by molar-refractivity contribution is 7.13. The van der Waals surface area contributed by atoms with Crippen molar-refractivity contribution in [3.63, 3.8) is 0 Å². The monoisotopic (exact) mass is 430 g/mol. The van der Waals surface area contributed by atoms with Crippen LogP contribution in [0.1, 0.15) is 24.1 Å². The lowest BCUT2D eigenvalue weighted by Crippen LogP contribution is -2.40. The van der Waals surface area contributed by atoms with Crippen molar-refractivity contribution < 1.29 is 4.79 Å². The summed E-state index contributed by atoms with van der Waals surface area (Å²) in [7, 11) is 0. The van der Waals surface area contributed by atoms with Gasteiger partial charge < -0.3 is 4.90 Å². The lowest BCUT2D eigenvalue weighted by molar-refractivity contribution is -0.133. The fourth-order valence-corrected chi connectivity index (χ4v) is 5.35. The van der Waals surface area contributed by atoms with Crippen LogP contribution in [-0.2, 0) is 17.8 Å². The number of benzene rings is 1. The third-order valence-electron chi connectivity index (χ3n) is 6.21. The number of fused-ring (bicyclic) bond motifs is 1. The van der Waals surface area contributed by atoms with Crippen LogP contribution in [0.5, 0.6) is 0 Å². The number of carbonyl (C=O) groups is 1. The quantitative estimate of drug-likeness (QED) is 0.450. The molecule has 0 atom stereocenters. The number of carbonyl (C=O) groups excluding carboxylic acids is 1. The van der Waals surface area contributed by atoms with Gasteiger partial charge in [-0.25, -0.2) is 9.67 Å². The molecule has 6 heteroatoms. The Morgan fingerprint density at radius 2 is 1.90 bits per heavy atom. The first-order valence-electron chi connectivity index (χ1n) is 10.9. The standard InChI is InChI=1S/C25H26N4OS/c1-18-24-21(22-8-5-15-31-22)9-12-26-25(24)29(27-18)17-23(30)28-13-10-20(11-14-28)16-19-6-3-2-4-7-19/h2-9,12,15,20H,10-11,13-14,16-17H2,1H3. The molecular formula is C25H26N4OS. The molecule has 0 spiro atoms. The molecule has 0 aliphatic carbocycles. The highest BCUT2D eigenvalue weighted by atomic mass is 32.1. The molecule has 31 heavy (non-hydrogen) atoms. The number of aromatic nitrogens is 3. The van der Waals surface area contributed by atoms with Gasteiger partial charge >= 0.3 is 0 Å². The van der Waals surface area contributed by atoms with Crippen LogP contribution in [0.3, 0.4) is 0 Å². The maximum atomic E-state index is 13.0. The van der Waals surface area contributed by atoms with Crippen molar-refractivity contribution in [1.29, 1.82) is 0 Å². The van der Waals surface area contributed by atoms with Crippen LogP contribution in [0.4, 0.5) is 0 Å². The summed E-state index contributed by atoms with van der Waals surface area (Å²) in [5, 5.41) is 7.79. The van der Waals surface area contributed by atoms with Crippen molar-refractivity contribution in [2.24, 2.45) is 5.92 Å². The maximum Gasteiger partial charge on any atom is 0.244 e. The summed E-state index contributed by atoms with van der Waals surface area (Å²) in [5.74, 6) is 0.778. The predicted octanol–water partition coefficient (Wildman–Crippen LogP) is 4.95. The number of thiophene rings is 1. The van der Waals surface area contributed by atoms with Gasteiger partial charge in [-0.1, -0.05) is 36.4 Å². The predicted molar refractivity (Wildman–Crippen MR) is 125 cm³/mol. The molecule has 5 rings (SSSR count). The van der Waals surface area contributed by atoms with Gasteiger partial charge in [0.25, 0.3) is 0 Å². The van der Waals surface area contributed by atoms with Gasteiger partial charge in [0.2, 0.25) is 5.91 Å². The van der Waals surface area contributed by atoms with E-state index in [1.54, 1.807) is 16.0 Å². The Labute approximate surface area is 186 Å². The van der Waals surface area contributed by atoms with E-state index in [9.17, 15) is 4.79 Å². The molecule has 0 unspecified atom stereocenters. The number of pyridine rings is 1. The molecule has 4 heterocycles. The Morgan fingerprint density at radius 1 is 1.10 bits per heavy atom. The van der Waals surface area contributed by atoms with Crippen molar-refractivity contribution in [1.82, 2.24) is 19.7 Å². The molecule has 1 aliphatic rings. The number of hydrogen-bond donors (Lipinski definition) is 0. The van der Waals surface area contributed by atoms with E-state index in [1.807, 2.05) is 24.1 Å². The topological polar surface area (TPSA) is 51.0 Å². The number of likely N-dealkylation sites (tertiary alicyclic amines) is 1. The van der Waals surface area contributed by atoms with Gasteiger partial charge in [0.05, 0.1) is 11.1 Å². The minimum Gasteiger partial charge on any atom is -0.341 e. The molecule has 1 aromatic carbocycles. The van der Waals surface area contributed by atoms with Crippen LogP contribution in [-0.4, -0.2) is 38.7 Å². The summed E-state index contributed by atoms with van der Waals surface area (Å²) in [6, 6.07) is 16.8. The van der Waals surface area contributed by atoms with Gasteiger partial charge in [-0.2, -0.15) is 5.10 Å². The average molecular weight is 431 g/mol. The van der Waals surface area contributed by atoms with Crippen LogP contribution in [0.2, 0.25) is 0 Å². The Kier molecular flexibility index (Phi) is 5.55. The van der Waals surface area contributed by atoms with Crippen LogP contribution in [0.25, 0.3) is 21.5 Å². The van der Waals surface area contributed by atoms with Crippen LogP contribution < -0.4 is 0 Å². The Morgan fingerprint density at radius 3 is 2.65 bits per heavy atom. The number of piperidine rings is 1. The van der Waals surface area contributed by atoms with E-state index in [4.69, 9.17) is 0 Å². The molecule has 1 saturated heterocycles. The summed E-state index contributed by atoms with van der Waals surface area (Å²) < 4.78 is 1.78. The van der Waals surface area contributed by atoms with Crippen molar-refractivity contribution in [2.45, 2.75) is 32.7 Å². The number of nitrogens with zero attached hydrogens (tertiary/aromatic N) is 4. The van der Waals surface area contributed by atoms with Gasteiger partial charge in [0.1, 0.15) is 6.54 Å². The summed E-state index contributed by atoms with van der Waals surface area (Å²) in [6.45, 7) is 3.89. The number of hydrogen-bond acceptors (Lipinski definition) is 4. The van der Waals surface area contributed by atoms with E-state index in [0.29, 0.717) is 5.92 Å². The first-order valence-corrected chi connectivity index (χ1v) is 11.7. The summed E-state index contributed by atoms with van der Waals surface area (Å²) in [4.78, 5) is 20.8.